The second-order valence-corrected chi connectivity index (χ2v) is 6.94. The minimum Gasteiger partial charge on any atom is -0.328 e. The zero-order valence-corrected chi connectivity index (χ0v) is 11.8. The molecule has 0 radical (unpaired) electrons. The van der Waals surface area contributed by atoms with Gasteiger partial charge >= 0.3 is 0 Å². The van der Waals surface area contributed by atoms with Crippen molar-refractivity contribution in [2.75, 3.05) is 6.54 Å². The monoisotopic (exact) mass is 304 g/mol. The highest BCUT2D eigenvalue weighted by Gasteiger charge is 2.23. The van der Waals surface area contributed by atoms with Crippen LogP contribution in [-0.2, 0) is 10.0 Å². The summed E-state index contributed by atoms with van der Waals surface area (Å²) in [4.78, 5) is -0.522. The quantitative estimate of drug-likeness (QED) is 0.890. The van der Waals surface area contributed by atoms with Gasteiger partial charge in [-0.3, -0.25) is 0 Å². The highest BCUT2D eigenvalue weighted by Crippen LogP contribution is 2.23. The van der Waals surface area contributed by atoms with Crippen LogP contribution in [0.1, 0.15) is 25.7 Å². The Hall–Kier alpha value is -1.05. The van der Waals surface area contributed by atoms with Gasteiger partial charge < -0.3 is 5.73 Å². The molecule has 0 aromatic heterocycles. The van der Waals surface area contributed by atoms with E-state index < -0.39 is 26.6 Å². The topological polar surface area (TPSA) is 72.2 Å². The van der Waals surface area contributed by atoms with Crippen molar-refractivity contribution in [3.8, 4) is 0 Å². The first kappa shape index (κ1) is 15.3. The van der Waals surface area contributed by atoms with E-state index in [1.807, 2.05) is 0 Å². The molecule has 0 amide bonds. The van der Waals surface area contributed by atoms with E-state index in [4.69, 9.17) is 5.73 Å². The number of benzene rings is 1. The van der Waals surface area contributed by atoms with Crippen LogP contribution >= 0.6 is 0 Å². The molecule has 1 aromatic carbocycles. The average Bonchev–Trinajstić information content (AvgIpc) is 2.37. The van der Waals surface area contributed by atoms with Gasteiger partial charge in [-0.2, -0.15) is 0 Å². The van der Waals surface area contributed by atoms with E-state index in [1.54, 1.807) is 0 Å². The standard InChI is InChI=1S/C13H18F2N2O2S/c14-10-3-6-13(12(15)7-10)20(18,19)17-8-9-1-4-11(16)5-2-9/h3,6-7,9,11,17H,1-2,4-5,8,16H2. The maximum Gasteiger partial charge on any atom is 0.243 e. The molecule has 3 N–H and O–H groups in total. The number of halogens is 2. The molecule has 2 rings (SSSR count). The summed E-state index contributed by atoms with van der Waals surface area (Å²) in [6.45, 7) is 0.256. The van der Waals surface area contributed by atoms with Gasteiger partial charge in [0.2, 0.25) is 10.0 Å². The van der Waals surface area contributed by atoms with Crippen molar-refractivity contribution in [3.05, 3.63) is 29.8 Å². The molecule has 7 heteroatoms. The van der Waals surface area contributed by atoms with Gasteiger partial charge in [0.05, 0.1) is 0 Å². The van der Waals surface area contributed by atoms with Gasteiger partial charge in [-0.15, -0.1) is 0 Å². The Labute approximate surface area is 117 Å². The first-order chi connectivity index (χ1) is 9.38. The third-order valence-corrected chi connectivity index (χ3v) is 5.09. The van der Waals surface area contributed by atoms with E-state index in [-0.39, 0.29) is 18.5 Å². The van der Waals surface area contributed by atoms with Crippen LogP contribution in [0.15, 0.2) is 23.1 Å². The van der Waals surface area contributed by atoms with Gasteiger partial charge in [-0.25, -0.2) is 21.9 Å². The first-order valence-corrected chi connectivity index (χ1v) is 8.07. The van der Waals surface area contributed by atoms with Crippen molar-refractivity contribution < 1.29 is 17.2 Å². The summed E-state index contributed by atoms with van der Waals surface area (Å²) in [5.74, 6) is -1.67. The molecule has 1 aliphatic carbocycles. The van der Waals surface area contributed by atoms with Gasteiger partial charge in [0, 0.05) is 18.7 Å². The Kier molecular flexibility index (Phi) is 4.72. The summed E-state index contributed by atoms with van der Waals surface area (Å²) < 4.78 is 52.6. The maximum absolute atomic E-state index is 13.5. The van der Waals surface area contributed by atoms with E-state index in [0.29, 0.717) is 6.07 Å². The van der Waals surface area contributed by atoms with Crippen LogP contribution in [0.4, 0.5) is 8.78 Å². The Bertz CT molecular complexity index is 570. The zero-order chi connectivity index (χ0) is 14.8. The zero-order valence-electron chi connectivity index (χ0n) is 11.0. The molecule has 1 aliphatic rings. The number of nitrogens with one attached hydrogen (secondary N) is 1. The maximum atomic E-state index is 13.5. The molecule has 0 saturated heterocycles. The molecule has 0 aliphatic heterocycles. The second kappa shape index (κ2) is 6.15. The van der Waals surface area contributed by atoms with Crippen molar-refractivity contribution in [3.63, 3.8) is 0 Å². The molecule has 0 bridgehead atoms. The number of sulfonamides is 1. The van der Waals surface area contributed by atoms with E-state index in [1.165, 1.54) is 0 Å². The molecule has 1 fully saturated rings. The van der Waals surface area contributed by atoms with Crippen LogP contribution in [0.3, 0.4) is 0 Å². The lowest BCUT2D eigenvalue weighted by Gasteiger charge is -2.26. The van der Waals surface area contributed by atoms with Crippen LogP contribution in [0, 0.1) is 17.6 Å². The number of nitrogens with two attached hydrogens (primary N) is 1. The lowest BCUT2D eigenvalue weighted by Crippen LogP contribution is -2.34. The fourth-order valence-corrected chi connectivity index (χ4v) is 3.56. The van der Waals surface area contributed by atoms with Crippen LogP contribution in [0.25, 0.3) is 0 Å². The van der Waals surface area contributed by atoms with Gasteiger partial charge in [0.15, 0.2) is 0 Å². The SMILES string of the molecule is NC1CCC(CNS(=O)(=O)c2ccc(F)cc2F)CC1. The minimum absolute atomic E-state index is 0.192. The Morgan fingerprint density at radius 3 is 2.45 bits per heavy atom. The molecule has 1 aromatic rings. The number of rotatable bonds is 4. The minimum atomic E-state index is -3.94. The predicted molar refractivity (Wildman–Crippen MR) is 71.5 cm³/mol. The third kappa shape index (κ3) is 3.74. The van der Waals surface area contributed by atoms with Crippen LogP contribution in [-0.4, -0.2) is 21.0 Å². The molecule has 0 unspecified atom stereocenters. The van der Waals surface area contributed by atoms with Crippen molar-refractivity contribution in [2.24, 2.45) is 11.7 Å². The summed E-state index contributed by atoms with van der Waals surface area (Å²) in [5.41, 5.74) is 5.78. The molecule has 1 saturated carbocycles. The summed E-state index contributed by atoms with van der Waals surface area (Å²) in [6.07, 6.45) is 3.46. The van der Waals surface area contributed by atoms with Crippen LogP contribution in [0.2, 0.25) is 0 Å². The van der Waals surface area contributed by atoms with Crippen molar-refractivity contribution in [2.45, 2.75) is 36.6 Å². The van der Waals surface area contributed by atoms with E-state index in [0.717, 1.165) is 37.8 Å². The molecule has 0 atom stereocenters. The Morgan fingerprint density at radius 2 is 1.85 bits per heavy atom. The fraction of sp³-hybridized carbons (Fsp3) is 0.538. The molecular weight excluding hydrogens is 286 g/mol. The Balaban J connectivity index is 2.00. The van der Waals surface area contributed by atoms with Crippen molar-refractivity contribution >= 4 is 10.0 Å². The van der Waals surface area contributed by atoms with E-state index in [2.05, 4.69) is 4.72 Å². The lowest BCUT2D eigenvalue weighted by atomic mass is 9.87. The van der Waals surface area contributed by atoms with Gasteiger partial charge in [0.25, 0.3) is 0 Å². The molecule has 112 valence electrons. The second-order valence-electron chi connectivity index (χ2n) is 5.21. The van der Waals surface area contributed by atoms with E-state index >= 15 is 0 Å². The van der Waals surface area contributed by atoms with Crippen LogP contribution < -0.4 is 10.5 Å². The highest BCUT2D eigenvalue weighted by atomic mass is 32.2. The molecule has 4 nitrogen and oxygen atoms in total. The summed E-state index contributed by atoms with van der Waals surface area (Å²) >= 11 is 0. The third-order valence-electron chi connectivity index (χ3n) is 3.64. The number of hydrogen-bond acceptors (Lipinski definition) is 3. The highest BCUT2D eigenvalue weighted by molar-refractivity contribution is 7.89. The van der Waals surface area contributed by atoms with Gasteiger partial charge in [-0.05, 0) is 43.7 Å². The average molecular weight is 304 g/mol. The fourth-order valence-electron chi connectivity index (χ4n) is 2.39. The summed E-state index contributed by atoms with van der Waals surface area (Å²) in [5, 5.41) is 0. The molecule has 0 heterocycles. The first-order valence-electron chi connectivity index (χ1n) is 6.59. The lowest BCUT2D eigenvalue weighted by molar-refractivity contribution is 0.326. The van der Waals surface area contributed by atoms with E-state index in [9.17, 15) is 17.2 Å². The summed E-state index contributed by atoms with van der Waals surface area (Å²) in [6, 6.07) is 2.62. The number of hydrogen-bond donors (Lipinski definition) is 2. The van der Waals surface area contributed by atoms with Crippen LogP contribution in [0.5, 0.6) is 0 Å². The van der Waals surface area contributed by atoms with Crippen molar-refractivity contribution in [1.82, 2.24) is 4.72 Å². The predicted octanol–water partition coefficient (Wildman–Crippen LogP) is 1.76. The molecule has 0 spiro atoms. The largest absolute Gasteiger partial charge is 0.328 e. The normalized spacial score (nSPS) is 23.8. The Morgan fingerprint density at radius 1 is 1.20 bits per heavy atom. The van der Waals surface area contributed by atoms with Gasteiger partial charge in [-0.1, -0.05) is 0 Å². The molecule has 20 heavy (non-hydrogen) atoms. The van der Waals surface area contributed by atoms with Crippen molar-refractivity contribution in [1.29, 1.82) is 0 Å². The molecular formula is C13H18F2N2O2S. The van der Waals surface area contributed by atoms with Gasteiger partial charge in [0.1, 0.15) is 16.5 Å². The smallest absolute Gasteiger partial charge is 0.243 e. The summed E-state index contributed by atoms with van der Waals surface area (Å²) in [7, 11) is -3.94.